The molecule has 0 fully saturated rings. The summed E-state index contributed by atoms with van der Waals surface area (Å²) in [5.41, 5.74) is 4.52. The van der Waals surface area contributed by atoms with Crippen molar-refractivity contribution in [3.05, 3.63) is 70.8 Å². The molecule has 0 aromatic heterocycles. The number of carbonyl (C=O) groups excluding carboxylic acids is 2. The van der Waals surface area contributed by atoms with Crippen molar-refractivity contribution in [1.82, 2.24) is 10.2 Å². The number of carbonyl (C=O) groups is 2. The van der Waals surface area contributed by atoms with Crippen LogP contribution in [0.15, 0.2) is 48.5 Å². The van der Waals surface area contributed by atoms with Crippen molar-refractivity contribution in [3.63, 3.8) is 0 Å². The molecule has 4 nitrogen and oxygen atoms in total. The molecular weight excluding hydrogens is 336 g/mol. The first-order chi connectivity index (χ1) is 12.9. The summed E-state index contributed by atoms with van der Waals surface area (Å²) in [4.78, 5) is 27.0. The van der Waals surface area contributed by atoms with Gasteiger partial charge in [0.2, 0.25) is 11.8 Å². The molecule has 0 aliphatic heterocycles. The van der Waals surface area contributed by atoms with Crippen molar-refractivity contribution in [3.8, 4) is 0 Å². The van der Waals surface area contributed by atoms with Crippen LogP contribution in [0.1, 0.15) is 42.5 Å². The predicted octanol–water partition coefficient (Wildman–Crippen LogP) is 3.79. The first-order valence-corrected chi connectivity index (χ1v) is 9.59. The number of hydrogen-bond acceptors (Lipinski definition) is 2. The smallest absolute Gasteiger partial charge is 0.242 e. The van der Waals surface area contributed by atoms with Crippen LogP contribution in [0.5, 0.6) is 0 Å². The molecular formula is C23H30N2O2. The monoisotopic (exact) mass is 366 g/mol. The van der Waals surface area contributed by atoms with Crippen LogP contribution >= 0.6 is 0 Å². The van der Waals surface area contributed by atoms with E-state index in [0.717, 1.165) is 16.7 Å². The Morgan fingerprint density at radius 3 is 2.33 bits per heavy atom. The standard InChI is InChI=1S/C23H30N2O2/c1-5-24-23(27)19(4)25(16-21-8-6-7-18(3)15-21)22(26)14-13-20-11-9-17(2)10-12-20/h6-12,15,19H,5,13-14,16H2,1-4H3,(H,24,27)/t19-/m1/s1. The number of benzene rings is 2. The number of nitrogens with zero attached hydrogens (tertiary/aromatic N) is 1. The number of rotatable bonds is 8. The maximum absolute atomic E-state index is 13.0. The van der Waals surface area contributed by atoms with Crippen molar-refractivity contribution in [2.75, 3.05) is 6.54 Å². The largest absolute Gasteiger partial charge is 0.355 e. The predicted molar refractivity (Wildman–Crippen MR) is 109 cm³/mol. The third kappa shape index (κ3) is 6.24. The summed E-state index contributed by atoms with van der Waals surface area (Å²) in [5, 5.41) is 2.82. The molecule has 0 bridgehead atoms. The lowest BCUT2D eigenvalue weighted by molar-refractivity contribution is -0.140. The van der Waals surface area contributed by atoms with Gasteiger partial charge in [-0.25, -0.2) is 0 Å². The van der Waals surface area contributed by atoms with Gasteiger partial charge in [-0.15, -0.1) is 0 Å². The second-order valence-corrected chi connectivity index (χ2v) is 7.07. The SMILES string of the molecule is CCNC(=O)[C@@H](C)N(Cc1cccc(C)c1)C(=O)CCc1ccc(C)cc1. The van der Waals surface area contributed by atoms with Gasteiger partial charge in [-0.2, -0.15) is 0 Å². The summed E-state index contributed by atoms with van der Waals surface area (Å²) in [7, 11) is 0. The van der Waals surface area contributed by atoms with Gasteiger partial charge in [0.05, 0.1) is 0 Å². The van der Waals surface area contributed by atoms with Crippen LogP contribution < -0.4 is 5.32 Å². The second kappa shape index (κ2) is 9.91. The molecule has 27 heavy (non-hydrogen) atoms. The summed E-state index contributed by atoms with van der Waals surface area (Å²) in [6.45, 7) is 8.75. The summed E-state index contributed by atoms with van der Waals surface area (Å²) in [6, 6.07) is 15.8. The molecule has 2 aromatic carbocycles. The normalized spacial score (nSPS) is 11.7. The van der Waals surface area contributed by atoms with Crippen molar-refractivity contribution in [2.45, 2.75) is 53.1 Å². The van der Waals surface area contributed by atoms with Gasteiger partial charge in [-0.05, 0) is 45.2 Å². The van der Waals surface area contributed by atoms with E-state index in [1.165, 1.54) is 5.56 Å². The Morgan fingerprint density at radius 1 is 1.00 bits per heavy atom. The molecule has 2 amide bonds. The van der Waals surface area contributed by atoms with E-state index in [4.69, 9.17) is 0 Å². The van der Waals surface area contributed by atoms with E-state index in [1.807, 2.05) is 39.0 Å². The number of likely N-dealkylation sites (N-methyl/N-ethyl adjacent to an activating group) is 1. The molecule has 0 aliphatic rings. The topological polar surface area (TPSA) is 49.4 Å². The Hall–Kier alpha value is -2.62. The third-order valence-electron chi connectivity index (χ3n) is 4.70. The lowest BCUT2D eigenvalue weighted by atomic mass is 10.1. The minimum absolute atomic E-state index is 0.00386. The Bertz CT molecular complexity index is 768. The molecule has 2 aromatic rings. The summed E-state index contributed by atoms with van der Waals surface area (Å²) in [5.74, 6) is -0.121. The Kier molecular flexibility index (Phi) is 7.59. The van der Waals surface area contributed by atoms with Crippen molar-refractivity contribution < 1.29 is 9.59 Å². The van der Waals surface area contributed by atoms with Crippen LogP contribution in [0.3, 0.4) is 0 Å². The van der Waals surface area contributed by atoms with Gasteiger partial charge >= 0.3 is 0 Å². The zero-order chi connectivity index (χ0) is 19.8. The highest BCUT2D eigenvalue weighted by atomic mass is 16.2. The average molecular weight is 367 g/mol. The highest BCUT2D eigenvalue weighted by molar-refractivity contribution is 5.87. The van der Waals surface area contributed by atoms with E-state index in [2.05, 4.69) is 35.6 Å². The van der Waals surface area contributed by atoms with E-state index in [9.17, 15) is 9.59 Å². The molecule has 1 N–H and O–H groups in total. The Balaban J connectivity index is 2.12. The van der Waals surface area contributed by atoms with Gasteiger partial charge in [0, 0.05) is 19.5 Å². The van der Waals surface area contributed by atoms with E-state index < -0.39 is 6.04 Å². The first kappa shape index (κ1) is 20.7. The summed E-state index contributed by atoms with van der Waals surface area (Å²) >= 11 is 0. The molecule has 0 saturated heterocycles. The Morgan fingerprint density at radius 2 is 1.70 bits per heavy atom. The molecule has 0 aliphatic carbocycles. The molecule has 4 heteroatoms. The van der Waals surface area contributed by atoms with Crippen molar-refractivity contribution >= 4 is 11.8 Å². The maximum Gasteiger partial charge on any atom is 0.242 e. The second-order valence-electron chi connectivity index (χ2n) is 7.07. The molecule has 2 rings (SSSR count). The molecule has 0 radical (unpaired) electrons. The van der Waals surface area contributed by atoms with Gasteiger partial charge in [-0.1, -0.05) is 59.7 Å². The molecule has 0 saturated carbocycles. The average Bonchev–Trinajstić information content (AvgIpc) is 2.65. The summed E-state index contributed by atoms with van der Waals surface area (Å²) in [6.07, 6.45) is 1.06. The molecule has 1 atom stereocenters. The zero-order valence-electron chi connectivity index (χ0n) is 16.8. The zero-order valence-corrected chi connectivity index (χ0v) is 16.8. The highest BCUT2D eigenvalue weighted by Gasteiger charge is 2.25. The molecule has 144 valence electrons. The Labute approximate surface area is 162 Å². The van der Waals surface area contributed by atoms with Gasteiger partial charge in [0.25, 0.3) is 0 Å². The number of nitrogens with one attached hydrogen (secondary N) is 1. The maximum atomic E-state index is 13.0. The van der Waals surface area contributed by atoms with Gasteiger partial charge in [-0.3, -0.25) is 9.59 Å². The van der Waals surface area contributed by atoms with Crippen LogP contribution in [0, 0.1) is 13.8 Å². The van der Waals surface area contributed by atoms with E-state index >= 15 is 0 Å². The third-order valence-corrected chi connectivity index (χ3v) is 4.70. The molecule has 0 heterocycles. The van der Waals surface area contributed by atoms with Crippen LogP contribution in [0.2, 0.25) is 0 Å². The highest BCUT2D eigenvalue weighted by Crippen LogP contribution is 2.14. The van der Waals surface area contributed by atoms with Crippen LogP contribution in [0.4, 0.5) is 0 Å². The molecule has 0 unspecified atom stereocenters. The fourth-order valence-corrected chi connectivity index (χ4v) is 3.06. The van der Waals surface area contributed by atoms with Crippen LogP contribution in [-0.2, 0) is 22.6 Å². The lowest BCUT2D eigenvalue weighted by Crippen LogP contribution is -2.47. The fourth-order valence-electron chi connectivity index (χ4n) is 3.06. The quantitative estimate of drug-likeness (QED) is 0.773. The number of aryl methyl sites for hydroxylation is 3. The minimum Gasteiger partial charge on any atom is -0.355 e. The van der Waals surface area contributed by atoms with Gasteiger partial charge in [0.15, 0.2) is 0 Å². The van der Waals surface area contributed by atoms with Crippen LogP contribution in [0.25, 0.3) is 0 Å². The minimum atomic E-state index is -0.504. The lowest BCUT2D eigenvalue weighted by Gasteiger charge is -2.29. The van der Waals surface area contributed by atoms with Gasteiger partial charge < -0.3 is 10.2 Å². The summed E-state index contributed by atoms with van der Waals surface area (Å²) < 4.78 is 0. The van der Waals surface area contributed by atoms with E-state index in [-0.39, 0.29) is 11.8 Å². The van der Waals surface area contributed by atoms with E-state index in [1.54, 1.807) is 11.8 Å². The van der Waals surface area contributed by atoms with E-state index in [0.29, 0.717) is 25.9 Å². The van der Waals surface area contributed by atoms with Crippen molar-refractivity contribution in [1.29, 1.82) is 0 Å². The van der Waals surface area contributed by atoms with Gasteiger partial charge in [0.1, 0.15) is 6.04 Å². The number of amides is 2. The first-order valence-electron chi connectivity index (χ1n) is 9.59. The van der Waals surface area contributed by atoms with Crippen LogP contribution in [-0.4, -0.2) is 29.3 Å². The molecule has 0 spiro atoms. The number of hydrogen-bond donors (Lipinski definition) is 1. The van der Waals surface area contributed by atoms with Crippen molar-refractivity contribution in [2.24, 2.45) is 0 Å². The fraction of sp³-hybridized carbons (Fsp3) is 0.391.